The summed E-state index contributed by atoms with van der Waals surface area (Å²) in [4.78, 5) is 21.6. The molecule has 2 N–H and O–H groups in total. The lowest BCUT2D eigenvalue weighted by Gasteiger charge is -2.48. The van der Waals surface area contributed by atoms with E-state index in [4.69, 9.17) is 11.6 Å². The molecule has 154 valence electrons. The summed E-state index contributed by atoms with van der Waals surface area (Å²) in [6.45, 7) is 3.51. The monoisotopic (exact) mass is 423 g/mol. The van der Waals surface area contributed by atoms with Crippen molar-refractivity contribution in [1.82, 2.24) is 30.2 Å². The zero-order chi connectivity index (χ0) is 20.5. The summed E-state index contributed by atoms with van der Waals surface area (Å²) < 4.78 is 0. The van der Waals surface area contributed by atoms with Gasteiger partial charge in [0.05, 0.1) is 29.0 Å². The first-order valence-electron chi connectivity index (χ1n) is 10.3. The summed E-state index contributed by atoms with van der Waals surface area (Å²) in [5.41, 5.74) is 2.02. The lowest BCUT2D eigenvalue weighted by molar-refractivity contribution is -0.131. The molecule has 4 unspecified atom stereocenters. The highest BCUT2D eigenvalue weighted by Gasteiger charge is 2.75. The molecule has 2 aliphatic heterocycles. The summed E-state index contributed by atoms with van der Waals surface area (Å²) in [6.07, 6.45) is 9.14. The zero-order valence-electron chi connectivity index (χ0n) is 16.5. The van der Waals surface area contributed by atoms with Crippen LogP contribution >= 0.6 is 11.6 Å². The van der Waals surface area contributed by atoms with Crippen LogP contribution in [0.5, 0.6) is 0 Å². The number of pyridine rings is 1. The van der Waals surface area contributed by atoms with Gasteiger partial charge in [-0.25, -0.2) is 4.98 Å². The third kappa shape index (κ3) is 2.59. The molecule has 30 heavy (non-hydrogen) atoms. The first-order valence-corrected chi connectivity index (χ1v) is 10.6. The number of halogens is 1. The van der Waals surface area contributed by atoms with E-state index >= 15 is 0 Å². The summed E-state index contributed by atoms with van der Waals surface area (Å²) in [5.74, 6) is 2.09. The molecule has 1 amide bonds. The summed E-state index contributed by atoms with van der Waals surface area (Å²) in [7, 11) is 0. The van der Waals surface area contributed by atoms with E-state index in [2.05, 4.69) is 30.7 Å². The number of likely N-dealkylation sites (tertiary alicyclic amines) is 1. The minimum absolute atomic E-state index is 0.0426. The van der Waals surface area contributed by atoms with E-state index in [1.165, 1.54) is 11.2 Å². The van der Waals surface area contributed by atoms with Crippen LogP contribution in [-0.4, -0.2) is 56.0 Å². The largest absolute Gasteiger partial charge is 0.365 e. The third-order valence-electron chi connectivity index (χ3n) is 6.95. The van der Waals surface area contributed by atoms with Crippen molar-refractivity contribution in [3.8, 4) is 0 Å². The molecule has 4 aliphatic rings. The Bertz CT molecular complexity index is 1080. The van der Waals surface area contributed by atoms with E-state index in [0.29, 0.717) is 28.9 Å². The Morgan fingerprint density at radius 1 is 1.30 bits per heavy atom. The Kier molecular flexibility index (Phi) is 3.78. The van der Waals surface area contributed by atoms with Crippen molar-refractivity contribution >= 4 is 29.1 Å². The van der Waals surface area contributed by atoms with Crippen LogP contribution in [0.1, 0.15) is 19.8 Å². The molecule has 2 aliphatic carbocycles. The Morgan fingerprint density at radius 2 is 2.13 bits per heavy atom. The van der Waals surface area contributed by atoms with E-state index in [-0.39, 0.29) is 23.4 Å². The van der Waals surface area contributed by atoms with Crippen molar-refractivity contribution < 1.29 is 4.79 Å². The molecule has 9 heteroatoms. The number of hydrogen-bond donors (Lipinski definition) is 2. The SMILES string of the molecule is CC1=CC(C(=O)N2CC3CC34CC(Nc3ccc(Cl)cn3)C24)=C(n2nccn2)NC1. The number of carbonyl (C=O) groups excluding carboxylic acids is 1. The van der Waals surface area contributed by atoms with E-state index in [9.17, 15) is 4.79 Å². The average molecular weight is 424 g/mol. The van der Waals surface area contributed by atoms with Gasteiger partial charge in [-0.3, -0.25) is 4.79 Å². The minimum atomic E-state index is 0.0426. The van der Waals surface area contributed by atoms with Gasteiger partial charge in [0.25, 0.3) is 5.91 Å². The molecule has 0 aromatic carbocycles. The van der Waals surface area contributed by atoms with E-state index in [1.807, 2.05) is 25.1 Å². The number of carbonyl (C=O) groups is 1. The molecule has 4 heterocycles. The first kappa shape index (κ1) is 17.9. The highest BCUT2D eigenvalue weighted by molar-refractivity contribution is 6.30. The van der Waals surface area contributed by atoms with Crippen LogP contribution in [0.25, 0.3) is 5.82 Å². The minimum Gasteiger partial charge on any atom is -0.365 e. The molecule has 0 radical (unpaired) electrons. The van der Waals surface area contributed by atoms with Gasteiger partial charge in [-0.1, -0.05) is 17.2 Å². The number of piperidine rings is 1. The lowest BCUT2D eigenvalue weighted by Crippen LogP contribution is -2.60. The van der Waals surface area contributed by atoms with Crippen molar-refractivity contribution in [3.63, 3.8) is 0 Å². The second-order valence-electron chi connectivity index (χ2n) is 8.78. The number of hydrogen-bond acceptors (Lipinski definition) is 6. The molecule has 6 rings (SSSR count). The molecular formula is C21H22ClN7O. The molecule has 0 bridgehead atoms. The van der Waals surface area contributed by atoms with E-state index in [1.54, 1.807) is 18.6 Å². The number of amides is 1. The maximum Gasteiger partial charge on any atom is 0.258 e. The molecular weight excluding hydrogens is 402 g/mol. The number of nitrogens with zero attached hydrogens (tertiary/aromatic N) is 5. The fourth-order valence-corrected chi connectivity index (χ4v) is 5.63. The van der Waals surface area contributed by atoms with Gasteiger partial charge in [-0.15, -0.1) is 4.80 Å². The Morgan fingerprint density at radius 3 is 2.90 bits per heavy atom. The molecule has 1 saturated heterocycles. The number of anilines is 1. The second kappa shape index (κ2) is 6.31. The van der Waals surface area contributed by atoms with Crippen LogP contribution < -0.4 is 10.6 Å². The average Bonchev–Trinajstić information content (AvgIpc) is 3.10. The summed E-state index contributed by atoms with van der Waals surface area (Å²) in [6, 6.07) is 4.10. The molecule has 4 atom stereocenters. The highest BCUT2D eigenvalue weighted by Crippen LogP contribution is 2.71. The van der Waals surface area contributed by atoms with Gasteiger partial charge in [0.15, 0.2) is 5.82 Å². The fourth-order valence-electron chi connectivity index (χ4n) is 5.52. The quantitative estimate of drug-likeness (QED) is 0.783. The number of rotatable bonds is 4. The second-order valence-corrected chi connectivity index (χ2v) is 9.21. The molecule has 1 spiro atoms. The van der Waals surface area contributed by atoms with Crippen LogP contribution in [0.15, 0.2) is 47.9 Å². The van der Waals surface area contributed by atoms with Crippen molar-refractivity contribution in [2.75, 3.05) is 18.4 Å². The van der Waals surface area contributed by atoms with Gasteiger partial charge in [-0.2, -0.15) is 10.2 Å². The topological polar surface area (TPSA) is 88.0 Å². The summed E-state index contributed by atoms with van der Waals surface area (Å²) in [5, 5.41) is 15.9. The van der Waals surface area contributed by atoms with Gasteiger partial charge in [0.2, 0.25) is 0 Å². The van der Waals surface area contributed by atoms with Crippen LogP contribution in [0, 0.1) is 11.3 Å². The molecule has 2 aromatic rings. The summed E-state index contributed by atoms with van der Waals surface area (Å²) >= 11 is 5.96. The first-order chi connectivity index (χ1) is 14.5. The van der Waals surface area contributed by atoms with Crippen LogP contribution in [0.3, 0.4) is 0 Å². The predicted octanol–water partition coefficient (Wildman–Crippen LogP) is 2.15. The zero-order valence-corrected chi connectivity index (χ0v) is 17.3. The molecule has 2 saturated carbocycles. The highest BCUT2D eigenvalue weighted by atomic mass is 35.5. The van der Waals surface area contributed by atoms with Crippen molar-refractivity contribution in [1.29, 1.82) is 0 Å². The normalized spacial score (nSPS) is 31.3. The van der Waals surface area contributed by atoms with Crippen LogP contribution in [0.2, 0.25) is 5.02 Å². The van der Waals surface area contributed by atoms with Gasteiger partial charge < -0.3 is 15.5 Å². The molecule has 8 nitrogen and oxygen atoms in total. The maximum atomic E-state index is 13.7. The van der Waals surface area contributed by atoms with E-state index < -0.39 is 0 Å². The predicted molar refractivity (Wildman–Crippen MR) is 112 cm³/mol. The smallest absolute Gasteiger partial charge is 0.258 e. The number of dihydropyridines is 1. The fraction of sp³-hybridized carbons (Fsp3) is 0.429. The number of nitrogens with one attached hydrogen (secondary N) is 2. The van der Waals surface area contributed by atoms with Crippen LogP contribution in [-0.2, 0) is 4.79 Å². The Labute approximate surface area is 179 Å². The van der Waals surface area contributed by atoms with Gasteiger partial charge in [-0.05, 0) is 49.3 Å². The van der Waals surface area contributed by atoms with Crippen molar-refractivity contribution in [2.24, 2.45) is 11.3 Å². The number of aromatic nitrogens is 4. The standard InChI is InChI=1S/C21H22ClN7O/c1-12-6-15(19(24-9-12)29-25-4-5-26-29)20(30)28-11-13-7-21(13)8-16(18(21)28)27-17-3-2-14(22)10-23-17/h2-6,10,13,16,18,24H,7-9,11H2,1H3,(H,23,27). The van der Waals surface area contributed by atoms with Gasteiger partial charge in [0.1, 0.15) is 5.82 Å². The van der Waals surface area contributed by atoms with Crippen LogP contribution in [0.4, 0.5) is 5.82 Å². The lowest BCUT2D eigenvalue weighted by atomic mass is 9.71. The Balaban J connectivity index is 1.29. The Hall–Kier alpha value is -2.87. The van der Waals surface area contributed by atoms with Gasteiger partial charge in [0, 0.05) is 25.3 Å². The van der Waals surface area contributed by atoms with Crippen molar-refractivity contribution in [3.05, 3.63) is 53.0 Å². The van der Waals surface area contributed by atoms with E-state index in [0.717, 1.165) is 24.4 Å². The van der Waals surface area contributed by atoms with Crippen molar-refractivity contribution in [2.45, 2.75) is 31.8 Å². The maximum absolute atomic E-state index is 13.7. The molecule has 2 aromatic heterocycles. The third-order valence-corrected chi connectivity index (χ3v) is 7.18. The van der Waals surface area contributed by atoms with Gasteiger partial charge >= 0.3 is 0 Å². The molecule has 3 fully saturated rings.